The molecule has 9 nitrogen and oxygen atoms in total. The number of hydrogen-bond donors (Lipinski definition) is 1. The van der Waals surface area contributed by atoms with Crippen molar-refractivity contribution in [2.45, 2.75) is 46.8 Å². The van der Waals surface area contributed by atoms with Crippen LogP contribution in [-0.2, 0) is 32.0 Å². The van der Waals surface area contributed by atoms with Gasteiger partial charge in [-0.15, -0.1) is 0 Å². The maximum absolute atomic E-state index is 13.0. The highest BCUT2D eigenvalue weighted by Crippen LogP contribution is 2.18. The van der Waals surface area contributed by atoms with Crippen LogP contribution in [-0.4, -0.2) is 45.1 Å². The molecule has 1 N–H and O–H groups in total. The van der Waals surface area contributed by atoms with E-state index in [-0.39, 0.29) is 18.7 Å². The molecule has 198 valence electrons. The van der Waals surface area contributed by atoms with Crippen LogP contribution in [0.2, 0.25) is 0 Å². The van der Waals surface area contributed by atoms with Crippen molar-refractivity contribution in [2.24, 2.45) is 0 Å². The summed E-state index contributed by atoms with van der Waals surface area (Å²) in [6.45, 7) is 6.90. The number of rotatable bonds is 10. The van der Waals surface area contributed by atoms with Crippen LogP contribution in [0.5, 0.6) is 0 Å². The van der Waals surface area contributed by atoms with Gasteiger partial charge >= 0.3 is 17.6 Å². The van der Waals surface area contributed by atoms with E-state index in [1.807, 2.05) is 30.3 Å². The Kier molecular flexibility index (Phi) is 9.32. The SMILES string of the molecule is CCOC(=O)c1c(Cc2ccccc2)nc(=O)n(Cc2ccc(/C(O)=C/C(=O)C(=O)OC(C)C)cc2)c1C. The average molecular weight is 519 g/mol. The van der Waals surface area contributed by atoms with E-state index in [9.17, 15) is 24.3 Å². The molecule has 0 saturated carbocycles. The van der Waals surface area contributed by atoms with Crippen molar-refractivity contribution in [1.82, 2.24) is 9.55 Å². The van der Waals surface area contributed by atoms with E-state index < -0.39 is 35.3 Å². The summed E-state index contributed by atoms with van der Waals surface area (Å²) >= 11 is 0. The van der Waals surface area contributed by atoms with E-state index in [0.29, 0.717) is 28.9 Å². The second-order valence-corrected chi connectivity index (χ2v) is 8.82. The van der Waals surface area contributed by atoms with Gasteiger partial charge in [-0.2, -0.15) is 4.98 Å². The minimum absolute atomic E-state index is 0.111. The van der Waals surface area contributed by atoms with Crippen LogP contribution in [0.4, 0.5) is 0 Å². The second kappa shape index (κ2) is 12.6. The number of aliphatic hydroxyl groups excluding tert-OH is 1. The molecule has 1 aromatic heterocycles. The zero-order valence-electron chi connectivity index (χ0n) is 21.8. The number of aliphatic hydroxyl groups is 1. The molecule has 0 bridgehead atoms. The van der Waals surface area contributed by atoms with Crippen molar-refractivity contribution in [1.29, 1.82) is 0 Å². The van der Waals surface area contributed by atoms with Crippen LogP contribution in [0.25, 0.3) is 5.76 Å². The topological polar surface area (TPSA) is 125 Å². The number of ether oxygens (including phenoxy) is 2. The van der Waals surface area contributed by atoms with E-state index >= 15 is 0 Å². The normalized spacial score (nSPS) is 11.3. The summed E-state index contributed by atoms with van der Waals surface area (Å²) in [5, 5.41) is 10.3. The molecule has 2 aromatic carbocycles. The van der Waals surface area contributed by atoms with Crippen molar-refractivity contribution in [3.63, 3.8) is 0 Å². The van der Waals surface area contributed by atoms with Gasteiger partial charge in [0, 0.05) is 23.8 Å². The zero-order chi connectivity index (χ0) is 27.8. The number of aromatic nitrogens is 2. The van der Waals surface area contributed by atoms with E-state index in [4.69, 9.17) is 9.47 Å². The Labute approximate surface area is 220 Å². The lowest BCUT2D eigenvalue weighted by molar-refractivity contribution is -0.154. The lowest BCUT2D eigenvalue weighted by Gasteiger charge is -2.16. The lowest BCUT2D eigenvalue weighted by atomic mass is 10.0. The Morgan fingerprint density at radius 3 is 2.29 bits per heavy atom. The van der Waals surface area contributed by atoms with Crippen LogP contribution in [0.1, 0.15) is 59.2 Å². The Bertz CT molecular complexity index is 1410. The van der Waals surface area contributed by atoms with Crippen LogP contribution in [0, 0.1) is 6.92 Å². The van der Waals surface area contributed by atoms with Crippen LogP contribution >= 0.6 is 0 Å². The first-order chi connectivity index (χ1) is 18.1. The van der Waals surface area contributed by atoms with Gasteiger partial charge in [0.05, 0.1) is 24.9 Å². The Balaban J connectivity index is 1.89. The van der Waals surface area contributed by atoms with E-state index in [0.717, 1.165) is 11.6 Å². The van der Waals surface area contributed by atoms with Crippen molar-refractivity contribution < 1.29 is 29.0 Å². The predicted octanol–water partition coefficient (Wildman–Crippen LogP) is 3.79. The minimum atomic E-state index is -1.06. The predicted molar refractivity (Wildman–Crippen MR) is 141 cm³/mol. The number of esters is 2. The van der Waals surface area contributed by atoms with Crippen molar-refractivity contribution >= 4 is 23.5 Å². The van der Waals surface area contributed by atoms with Gasteiger partial charge in [-0.3, -0.25) is 9.36 Å². The Morgan fingerprint density at radius 1 is 1.03 bits per heavy atom. The molecule has 0 aliphatic rings. The number of hydrogen-bond acceptors (Lipinski definition) is 8. The second-order valence-electron chi connectivity index (χ2n) is 8.82. The fraction of sp³-hybridized carbons (Fsp3) is 0.276. The van der Waals surface area contributed by atoms with Gasteiger partial charge in [-0.1, -0.05) is 54.6 Å². The highest BCUT2D eigenvalue weighted by Gasteiger charge is 2.22. The molecule has 0 unspecified atom stereocenters. The highest BCUT2D eigenvalue weighted by atomic mass is 16.5. The van der Waals surface area contributed by atoms with Gasteiger partial charge in [0.15, 0.2) is 0 Å². The van der Waals surface area contributed by atoms with Gasteiger partial charge in [0.25, 0.3) is 5.78 Å². The van der Waals surface area contributed by atoms with E-state index in [1.54, 1.807) is 52.0 Å². The first kappa shape index (κ1) is 28.0. The first-order valence-electron chi connectivity index (χ1n) is 12.2. The molecule has 0 aliphatic carbocycles. The molecule has 9 heteroatoms. The van der Waals surface area contributed by atoms with E-state index in [2.05, 4.69) is 4.98 Å². The number of carbonyl (C=O) groups excluding carboxylic acids is 3. The molecule has 38 heavy (non-hydrogen) atoms. The largest absolute Gasteiger partial charge is 0.507 e. The molecule has 0 aliphatic heterocycles. The quantitative estimate of drug-likeness (QED) is 0.186. The summed E-state index contributed by atoms with van der Waals surface area (Å²) < 4.78 is 11.5. The fourth-order valence-corrected chi connectivity index (χ4v) is 3.79. The van der Waals surface area contributed by atoms with Gasteiger partial charge in [0.1, 0.15) is 11.3 Å². The maximum atomic E-state index is 13.0. The summed E-state index contributed by atoms with van der Waals surface area (Å²) in [6, 6.07) is 15.8. The molecular weight excluding hydrogens is 488 g/mol. The number of benzene rings is 2. The van der Waals surface area contributed by atoms with Gasteiger partial charge < -0.3 is 14.6 Å². The molecule has 3 aromatic rings. The molecule has 1 heterocycles. The third-order valence-corrected chi connectivity index (χ3v) is 5.61. The molecule has 0 atom stereocenters. The van der Waals surface area contributed by atoms with Crippen molar-refractivity contribution in [3.05, 3.63) is 105 Å². The molecule has 0 saturated heterocycles. The molecule has 0 spiro atoms. The third-order valence-electron chi connectivity index (χ3n) is 5.61. The maximum Gasteiger partial charge on any atom is 0.379 e. The molecule has 0 fully saturated rings. The van der Waals surface area contributed by atoms with Gasteiger partial charge in [0.2, 0.25) is 0 Å². The number of ketones is 1. The van der Waals surface area contributed by atoms with Crippen molar-refractivity contribution in [3.8, 4) is 0 Å². The van der Waals surface area contributed by atoms with Crippen molar-refractivity contribution in [2.75, 3.05) is 6.61 Å². The molecular formula is C29H30N2O7. The van der Waals surface area contributed by atoms with Gasteiger partial charge in [-0.05, 0) is 38.8 Å². The smallest absolute Gasteiger partial charge is 0.379 e. The summed E-state index contributed by atoms with van der Waals surface area (Å²) in [5.41, 5.74) is 2.40. The fourth-order valence-electron chi connectivity index (χ4n) is 3.79. The Hall–Kier alpha value is -4.53. The minimum Gasteiger partial charge on any atom is -0.507 e. The summed E-state index contributed by atoms with van der Waals surface area (Å²) in [7, 11) is 0. The zero-order valence-corrected chi connectivity index (χ0v) is 21.8. The van der Waals surface area contributed by atoms with Crippen LogP contribution in [0.3, 0.4) is 0 Å². The van der Waals surface area contributed by atoms with E-state index in [1.165, 1.54) is 4.57 Å². The summed E-state index contributed by atoms with van der Waals surface area (Å²) in [6.07, 6.45) is 0.643. The lowest BCUT2D eigenvalue weighted by Crippen LogP contribution is -2.31. The molecule has 0 amide bonds. The van der Waals surface area contributed by atoms with Crippen LogP contribution < -0.4 is 5.69 Å². The Morgan fingerprint density at radius 2 is 1.68 bits per heavy atom. The van der Waals surface area contributed by atoms with Gasteiger partial charge in [-0.25, -0.2) is 14.4 Å². The third kappa shape index (κ3) is 7.03. The average Bonchev–Trinajstić information content (AvgIpc) is 2.87. The summed E-state index contributed by atoms with van der Waals surface area (Å²) in [5.74, 6) is -2.98. The molecule has 0 radical (unpaired) electrons. The summed E-state index contributed by atoms with van der Waals surface area (Å²) in [4.78, 5) is 53.7. The number of carbonyl (C=O) groups is 3. The highest BCUT2D eigenvalue weighted by molar-refractivity contribution is 6.39. The monoisotopic (exact) mass is 518 g/mol. The first-order valence-corrected chi connectivity index (χ1v) is 12.2. The van der Waals surface area contributed by atoms with Crippen LogP contribution in [0.15, 0.2) is 65.5 Å². The number of nitrogens with zero attached hydrogens (tertiary/aromatic N) is 2. The molecule has 3 rings (SSSR count). The standard InChI is InChI=1S/C29H30N2O7/c1-5-37-28(35)26-19(4)31(29(36)30-23(26)15-20-9-7-6-8-10-20)17-21-11-13-22(14-12-21)24(32)16-25(33)27(34)38-18(2)3/h6-14,16,18,32H,5,15,17H2,1-4H3/b24-16-.